The highest BCUT2D eigenvalue weighted by Gasteiger charge is 2.20. The molecule has 0 amide bonds. The van der Waals surface area contributed by atoms with E-state index in [1.54, 1.807) is 37.6 Å². The van der Waals surface area contributed by atoms with Gasteiger partial charge in [-0.1, -0.05) is 59.1 Å². The molecule has 4 rings (SSSR count). The fourth-order valence-corrected chi connectivity index (χ4v) is 4.15. The Hall–Kier alpha value is -2.99. The van der Waals surface area contributed by atoms with Gasteiger partial charge in [-0.25, -0.2) is 0 Å². The van der Waals surface area contributed by atoms with Crippen LogP contribution in [0, 0.1) is 6.92 Å². The first kappa shape index (κ1) is 23.2. The predicted molar refractivity (Wildman–Crippen MR) is 132 cm³/mol. The van der Waals surface area contributed by atoms with Gasteiger partial charge in [-0.05, 0) is 36.2 Å². The Kier molecular flexibility index (Phi) is 6.66. The molecule has 5 nitrogen and oxygen atoms in total. The van der Waals surface area contributed by atoms with Gasteiger partial charge in [0.15, 0.2) is 16.9 Å². The molecule has 1 heterocycles. The first-order valence-electron chi connectivity index (χ1n) is 10.3. The van der Waals surface area contributed by atoms with Gasteiger partial charge in [0.1, 0.15) is 6.10 Å². The Morgan fingerprint density at radius 2 is 1.61 bits per heavy atom. The first-order valence-corrected chi connectivity index (χ1v) is 11.1. The van der Waals surface area contributed by atoms with Crippen molar-refractivity contribution in [1.82, 2.24) is 4.57 Å². The van der Waals surface area contributed by atoms with Crippen LogP contribution in [-0.2, 0) is 6.54 Å². The number of aliphatic hydroxyl groups excluding tert-OH is 1. The van der Waals surface area contributed by atoms with Crippen LogP contribution in [0.1, 0.15) is 28.4 Å². The summed E-state index contributed by atoms with van der Waals surface area (Å²) in [5.74, 6) is 0.935. The van der Waals surface area contributed by atoms with Gasteiger partial charge in [0.2, 0.25) is 0 Å². The predicted octanol–water partition coefficient (Wildman–Crippen LogP) is 5.76. The maximum Gasteiger partial charge on any atom is 0.195 e. The van der Waals surface area contributed by atoms with Gasteiger partial charge in [0.05, 0.1) is 29.8 Å². The Labute approximate surface area is 201 Å². The topological polar surface area (TPSA) is 60.7 Å². The molecule has 7 heteroatoms. The van der Waals surface area contributed by atoms with Gasteiger partial charge < -0.3 is 19.1 Å². The maximum absolute atomic E-state index is 13.5. The van der Waals surface area contributed by atoms with Gasteiger partial charge in [0, 0.05) is 29.8 Å². The molecular formula is C26H23Cl2NO4. The van der Waals surface area contributed by atoms with Crippen LogP contribution in [-0.4, -0.2) is 23.9 Å². The molecule has 0 saturated carbocycles. The summed E-state index contributed by atoms with van der Waals surface area (Å²) in [6.07, 6.45) is 0.597. The highest BCUT2D eigenvalue weighted by Crippen LogP contribution is 2.33. The second-order valence-electron chi connectivity index (χ2n) is 7.83. The SMILES string of the molecule is COc1cc2c(=O)c(C(O)c3ccc(C)cc3)cn(Cc3ccc(Cl)c(Cl)c3)c2cc1OC. The fourth-order valence-electron chi connectivity index (χ4n) is 3.83. The third kappa shape index (κ3) is 4.58. The van der Waals surface area contributed by atoms with Crippen molar-refractivity contribution >= 4 is 34.1 Å². The van der Waals surface area contributed by atoms with Gasteiger partial charge in [0.25, 0.3) is 0 Å². The van der Waals surface area contributed by atoms with Crippen LogP contribution in [0.4, 0.5) is 0 Å². The van der Waals surface area contributed by atoms with Crippen LogP contribution in [0.25, 0.3) is 10.9 Å². The van der Waals surface area contributed by atoms with Crippen LogP contribution in [0.15, 0.2) is 65.6 Å². The van der Waals surface area contributed by atoms with Gasteiger partial charge in [-0.15, -0.1) is 0 Å². The molecule has 33 heavy (non-hydrogen) atoms. The summed E-state index contributed by atoms with van der Waals surface area (Å²) in [7, 11) is 3.06. The molecule has 0 aliphatic carbocycles. The normalized spacial score (nSPS) is 12.1. The number of rotatable bonds is 6. The van der Waals surface area contributed by atoms with Crippen LogP contribution >= 0.6 is 23.2 Å². The standard InChI is InChI=1S/C26H23Cl2NO4/c1-15-4-7-17(8-5-15)25(30)19-14-29(13-16-6-9-20(27)21(28)10-16)22-12-24(33-3)23(32-2)11-18(22)26(19)31/h4-12,14,25,30H,13H2,1-3H3. The molecule has 1 unspecified atom stereocenters. The van der Waals surface area contributed by atoms with Crippen LogP contribution < -0.4 is 14.9 Å². The summed E-state index contributed by atoms with van der Waals surface area (Å²) in [6.45, 7) is 2.37. The lowest BCUT2D eigenvalue weighted by Gasteiger charge is -2.19. The maximum atomic E-state index is 13.5. The highest BCUT2D eigenvalue weighted by molar-refractivity contribution is 6.42. The average molecular weight is 484 g/mol. The lowest BCUT2D eigenvalue weighted by atomic mass is 9.99. The van der Waals surface area contributed by atoms with E-state index >= 15 is 0 Å². The lowest BCUT2D eigenvalue weighted by Crippen LogP contribution is -2.19. The van der Waals surface area contributed by atoms with Gasteiger partial charge in [-0.3, -0.25) is 4.79 Å². The van der Waals surface area contributed by atoms with E-state index in [0.717, 1.165) is 11.1 Å². The van der Waals surface area contributed by atoms with Crippen molar-refractivity contribution in [3.05, 3.63) is 103 Å². The van der Waals surface area contributed by atoms with Crippen molar-refractivity contribution in [3.63, 3.8) is 0 Å². The molecule has 0 aliphatic heterocycles. The zero-order chi connectivity index (χ0) is 23.7. The summed E-state index contributed by atoms with van der Waals surface area (Å²) < 4.78 is 12.8. The molecular weight excluding hydrogens is 461 g/mol. The first-order chi connectivity index (χ1) is 15.8. The molecule has 170 valence electrons. The zero-order valence-corrected chi connectivity index (χ0v) is 19.9. The Morgan fingerprint density at radius 3 is 2.24 bits per heavy atom. The number of benzene rings is 3. The molecule has 3 aromatic carbocycles. The number of aryl methyl sites for hydroxylation is 1. The number of methoxy groups -OCH3 is 2. The molecule has 0 bridgehead atoms. The average Bonchev–Trinajstić information content (AvgIpc) is 2.82. The minimum Gasteiger partial charge on any atom is -0.493 e. The van der Waals surface area contributed by atoms with Crippen LogP contribution in [0.2, 0.25) is 10.0 Å². The van der Waals surface area contributed by atoms with Gasteiger partial charge >= 0.3 is 0 Å². The van der Waals surface area contributed by atoms with Crippen molar-refractivity contribution in [2.24, 2.45) is 0 Å². The van der Waals surface area contributed by atoms with E-state index in [-0.39, 0.29) is 11.0 Å². The number of pyridine rings is 1. The molecule has 1 N–H and O–H groups in total. The quantitative estimate of drug-likeness (QED) is 0.378. The second-order valence-corrected chi connectivity index (χ2v) is 8.64. The summed E-state index contributed by atoms with van der Waals surface area (Å²) >= 11 is 12.3. The van der Waals surface area contributed by atoms with Gasteiger partial charge in [-0.2, -0.15) is 0 Å². The lowest BCUT2D eigenvalue weighted by molar-refractivity contribution is 0.218. The highest BCUT2D eigenvalue weighted by atomic mass is 35.5. The number of ether oxygens (including phenoxy) is 2. The minimum absolute atomic E-state index is 0.263. The van der Waals surface area contributed by atoms with E-state index in [1.807, 2.05) is 41.8 Å². The number of halogens is 2. The minimum atomic E-state index is -1.09. The second kappa shape index (κ2) is 9.48. The van der Waals surface area contributed by atoms with E-state index in [4.69, 9.17) is 32.7 Å². The van der Waals surface area contributed by atoms with E-state index in [0.29, 0.717) is 44.6 Å². The number of aliphatic hydroxyl groups is 1. The van der Waals surface area contributed by atoms with Crippen molar-refractivity contribution < 1.29 is 14.6 Å². The molecule has 0 radical (unpaired) electrons. The summed E-state index contributed by atoms with van der Waals surface area (Å²) in [5, 5.41) is 12.4. The van der Waals surface area contributed by atoms with E-state index in [9.17, 15) is 9.90 Å². The molecule has 0 aliphatic rings. The third-order valence-electron chi connectivity index (χ3n) is 5.64. The molecule has 0 fully saturated rings. The Morgan fingerprint density at radius 1 is 0.939 bits per heavy atom. The molecule has 4 aromatic rings. The molecule has 0 saturated heterocycles. The van der Waals surface area contributed by atoms with Crippen molar-refractivity contribution in [2.75, 3.05) is 14.2 Å². The monoisotopic (exact) mass is 483 g/mol. The van der Waals surface area contributed by atoms with E-state index < -0.39 is 6.10 Å². The smallest absolute Gasteiger partial charge is 0.195 e. The van der Waals surface area contributed by atoms with E-state index in [1.165, 1.54) is 7.11 Å². The Bertz CT molecular complexity index is 1380. The van der Waals surface area contributed by atoms with Crippen molar-refractivity contribution in [1.29, 1.82) is 0 Å². The summed E-state index contributed by atoms with van der Waals surface area (Å²) in [6, 6.07) is 16.2. The van der Waals surface area contributed by atoms with Crippen LogP contribution in [0.5, 0.6) is 11.5 Å². The third-order valence-corrected chi connectivity index (χ3v) is 6.38. The number of nitrogens with zero attached hydrogens (tertiary/aromatic N) is 1. The number of fused-ring (bicyclic) bond motifs is 1. The largest absolute Gasteiger partial charge is 0.493 e. The molecule has 1 atom stereocenters. The summed E-state index contributed by atoms with van der Waals surface area (Å²) in [4.78, 5) is 13.5. The Balaban J connectivity index is 1.94. The van der Waals surface area contributed by atoms with E-state index in [2.05, 4.69) is 0 Å². The number of aromatic nitrogens is 1. The fraction of sp³-hybridized carbons (Fsp3) is 0.192. The number of hydrogen-bond acceptors (Lipinski definition) is 4. The molecule has 0 spiro atoms. The number of hydrogen-bond donors (Lipinski definition) is 1. The van der Waals surface area contributed by atoms with Crippen LogP contribution in [0.3, 0.4) is 0 Å². The summed E-state index contributed by atoms with van der Waals surface area (Å²) in [5.41, 5.74) is 3.23. The van der Waals surface area contributed by atoms with Crippen molar-refractivity contribution in [3.8, 4) is 11.5 Å². The molecule has 1 aromatic heterocycles. The zero-order valence-electron chi connectivity index (χ0n) is 18.4. The van der Waals surface area contributed by atoms with Crippen molar-refractivity contribution in [2.45, 2.75) is 19.6 Å².